The molecule has 1 heterocycles. The number of nitrogens with one attached hydrogen (secondary N) is 2. The molecule has 3 amide bonds. The minimum atomic E-state index is -0.602. The summed E-state index contributed by atoms with van der Waals surface area (Å²) < 4.78 is 5.88. The highest BCUT2D eigenvalue weighted by molar-refractivity contribution is 5.83. The van der Waals surface area contributed by atoms with Crippen molar-refractivity contribution in [3.8, 4) is 0 Å². The second kappa shape index (κ2) is 13.1. The van der Waals surface area contributed by atoms with Crippen molar-refractivity contribution >= 4 is 18.2 Å². The van der Waals surface area contributed by atoms with Crippen molar-refractivity contribution in [2.45, 2.75) is 77.0 Å². The van der Waals surface area contributed by atoms with Gasteiger partial charge < -0.3 is 15.4 Å². The van der Waals surface area contributed by atoms with Gasteiger partial charge in [0.15, 0.2) is 0 Å². The Labute approximate surface area is 184 Å². The second-order valence-corrected chi connectivity index (χ2v) is 7.92. The van der Waals surface area contributed by atoms with Crippen LogP contribution >= 0.6 is 0 Å². The highest BCUT2D eigenvalue weighted by Gasteiger charge is 2.32. The first kappa shape index (κ1) is 24.8. The second-order valence-electron chi connectivity index (χ2n) is 7.92. The number of carbonyl (C=O) groups is 3. The van der Waals surface area contributed by atoms with Gasteiger partial charge >= 0.3 is 0 Å². The standard InChI is InChI=1S/C23H35N3O5/c1-3-5-7-12-18(19(4-2)26(30)16-27)22(28)24-15-25-23(29)21-14-13-20(31-21)17-10-8-6-9-11-17/h6,8-11,16,18-21,30H,3-5,7,12-15H2,1-2H3,(H,24,28)(H,25,29)/t18?,19-,20?,21?/m1/s1. The first-order valence-corrected chi connectivity index (χ1v) is 11.2. The predicted molar refractivity (Wildman–Crippen MR) is 116 cm³/mol. The molecule has 1 aromatic carbocycles. The largest absolute Gasteiger partial charge is 0.360 e. The Morgan fingerprint density at radius 3 is 2.58 bits per heavy atom. The fraction of sp³-hybridized carbons (Fsp3) is 0.609. The van der Waals surface area contributed by atoms with E-state index >= 15 is 0 Å². The Morgan fingerprint density at radius 2 is 1.94 bits per heavy atom. The van der Waals surface area contributed by atoms with E-state index in [0.29, 0.717) is 30.7 Å². The number of hydroxylamine groups is 2. The average molecular weight is 434 g/mol. The van der Waals surface area contributed by atoms with Gasteiger partial charge in [-0.1, -0.05) is 63.4 Å². The van der Waals surface area contributed by atoms with Gasteiger partial charge in [0.05, 0.1) is 24.7 Å². The van der Waals surface area contributed by atoms with Gasteiger partial charge in [0.25, 0.3) is 5.91 Å². The van der Waals surface area contributed by atoms with Crippen LogP contribution in [0.2, 0.25) is 0 Å². The van der Waals surface area contributed by atoms with Crippen molar-refractivity contribution in [2.75, 3.05) is 6.67 Å². The van der Waals surface area contributed by atoms with Crippen LogP contribution in [0.1, 0.15) is 70.5 Å². The van der Waals surface area contributed by atoms with E-state index in [4.69, 9.17) is 4.74 Å². The molecule has 1 aromatic rings. The van der Waals surface area contributed by atoms with Gasteiger partial charge in [-0.25, -0.2) is 5.06 Å². The molecule has 1 aliphatic heterocycles. The van der Waals surface area contributed by atoms with Crippen molar-refractivity contribution < 1.29 is 24.3 Å². The SMILES string of the molecule is CCCCCC(C(=O)NCNC(=O)C1CCC(c2ccccc2)O1)[C@@H](CC)N(O)C=O. The molecule has 0 spiro atoms. The fourth-order valence-electron chi connectivity index (χ4n) is 4.05. The maximum absolute atomic E-state index is 12.8. The van der Waals surface area contributed by atoms with Crippen molar-refractivity contribution in [1.29, 1.82) is 0 Å². The van der Waals surface area contributed by atoms with Crippen LogP contribution in [0.3, 0.4) is 0 Å². The highest BCUT2D eigenvalue weighted by Crippen LogP contribution is 2.32. The van der Waals surface area contributed by atoms with Gasteiger partial charge in [0.2, 0.25) is 12.3 Å². The molecule has 3 N–H and O–H groups in total. The molecule has 1 aliphatic rings. The Kier molecular flexibility index (Phi) is 10.5. The Hall–Kier alpha value is -2.45. The summed E-state index contributed by atoms with van der Waals surface area (Å²) in [5.74, 6) is -1.10. The van der Waals surface area contributed by atoms with E-state index < -0.39 is 18.1 Å². The lowest BCUT2D eigenvalue weighted by atomic mass is 9.90. The number of carbonyl (C=O) groups excluding carboxylic acids is 3. The summed E-state index contributed by atoms with van der Waals surface area (Å²) in [7, 11) is 0. The molecule has 8 nitrogen and oxygen atoms in total. The Balaban J connectivity index is 1.84. The zero-order chi connectivity index (χ0) is 22.6. The summed E-state index contributed by atoms with van der Waals surface area (Å²) in [5.41, 5.74) is 1.05. The van der Waals surface area contributed by atoms with E-state index in [1.807, 2.05) is 37.3 Å². The zero-order valence-corrected chi connectivity index (χ0v) is 18.5. The predicted octanol–water partition coefficient (Wildman–Crippen LogP) is 2.92. The van der Waals surface area contributed by atoms with Crippen LogP contribution in [0.25, 0.3) is 0 Å². The lowest BCUT2D eigenvalue weighted by Gasteiger charge is -2.29. The fourth-order valence-corrected chi connectivity index (χ4v) is 4.05. The number of benzene rings is 1. The Bertz CT molecular complexity index is 700. The first-order valence-electron chi connectivity index (χ1n) is 11.2. The molecule has 172 valence electrons. The number of ether oxygens (including phenoxy) is 1. The third kappa shape index (κ3) is 7.33. The first-order chi connectivity index (χ1) is 15.0. The van der Waals surface area contributed by atoms with E-state index in [9.17, 15) is 19.6 Å². The lowest BCUT2D eigenvalue weighted by molar-refractivity contribution is -0.168. The molecular weight excluding hydrogens is 398 g/mol. The molecule has 0 radical (unpaired) electrons. The van der Waals surface area contributed by atoms with Crippen molar-refractivity contribution in [3.63, 3.8) is 0 Å². The summed E-state index contributed by atoms with van der Waals surface area (Å²) in [6.07, 6.45) is 4.86. The number of hydrogen-bond acceptors (Lipinski definition) is 5. The molecule has 0 aliphatic carbocycles. The molecule has 3 unspecified atom stereocenters. The maximum atomic E-state index is 12.8. The van der Waals surface area contributed by atoms with Crippen LogP contribution in [0.4, 0.5) is 0 Å². The molecule has 1 fully saturated rings. The van der Waals surface area contributed by atoms with E-state index in [1.54, 1.807) is 0 Å². The van der Waals surface area contributed by atoms with E-state index in [-0.39, 0.29) is 24.6 Å². The summed E-state index contributed by atoms with van der Waals surface area (Å²) in [6, 6.07) is 9.19. The summed E-state index contributed by atoms with van der Waals surface area (Å²) in [6.45, 7) is 3.86. The van der Waals surface area contributed by atoms with E-state index in [1.165, 1.54) is 0 Å². The molecule has 0 aromatic heterocycles. The van der Waals surface area contributed by atoms with Crippen LogP contribution < -0.4 is 10.6 Å². The van der Waals surface area contributed by atoms with E-state index in [2.05, 4.69) is 17.6 Å². The van der Waals surface area contributed by atoms with E-state index in [0.717, 1.165) is 31.2 Å². The molecule has 4 atom stereocenters. The number of hydrogen-bond donors (Lipinski definition) is 3. The van der Waals surface area contributed by atoms with Gasteiger partial charge in [-0.2, -0.15) is 0 Å². The molecule has 2 rings (SSSR count). The average Bonchev–Trinajstić information content (AvgIpc) is 3.29. The van der Waals surface area contributed by atoms with Crippen molar-refractivity contribution in [1.82, 2.24) is 15.7 Å². The Morgan fingerprint density at radius 1 is 1.19 bits per heavy atom. The topological polar surface area (TPSA) is 108 Å². The van der Waals surface area contributed by atoms with Gasteiger partial charge in [0, 0.05) is 0 Å². The molecule has 0 saturated carbocycles. The van der Waals surface area contributed by atoms with Crippen molar-refractivity contribution in [3.05, 3.63) is 35.9 Å². The van der Waals surface area contributed by atoms with Gasteiger partial charge in [0.1, 0.15) is 6.10 Å². The molecule has 1 saturated heterocycles. The summed E-state index contributed by atoms with van der Waals surface area (Å²) in [4.78, 5) is 36.2. The zero-order valence-electron chi connectivity index (χ0n) is 18.5. The van der Waals surface area contributed by atoms with Crippen LogP contribution in [-0.2, 0) is 19.1 Å². The van der Waals surface area contributed by atoms with Crippen LogP contribution in [0, 0.1) is 5.92 Å². The molecular formula is C23H35N3O5. The summed E-state index contributed by atoms with van der Waals surface area (Å²) in [5, 5.41) is 15.9. The quantitative estimate of drug-likeness (QED) is 0.146. The lowest BCUT2D eigenvalue weighted by Crippen LogP contribution is -2.48. The number of amides is 3. The van der Waals surface area contributed by atoms with Crippen molar-refractivity contribution in [2.24, 2.45) is 5.92 Å². The number of rotatable bonds is 13. The smallest absolute Gasteiger partial charge is 0.250 e. The molecule has 31 heavy (non-hydrogen) atoms. The highest BCUT2D eigenvalue weighted by atomic mass is 16.5. The number of unbranched alkanes of at least 4 members (excludes halogenated alkanes) is 2. The summed E-state index contributed by atoms with van der Waals surface area (Å²) >= 11 is 0. The van der Waals surface area contributed by atoms with Gasteiger partial charge in [-0.3, -0.25) is 19.6 Å². The minimum Gasteiger partial charge on any atom is -0.360 e. The van der Waals surface area contributed by atoms with Crippen LogP contribution in [-0.4, -0.2) is 47.3 Å². The molecule has 0 bridgehead atoms. The monoisotopic (exact) mass is 433 g/mol. The third-order valence-corrected chi connectivity index (χ3v) is 5.79. The number of nitrogens with zero attached hydrogens (tertiary/aromatic N) is 1. The maximum Gasteiger partial charge on any atom is 0.250 e. The van der Waals surface area contributed by atoms with Gasteiger partial charge in [-0.05, 0) is 31.2 Å². The van der Waals surface area contributed by atoms with Crippen LogP contribution in [0.5, 0.6) is 0 Å². The molecule has 8 heteroatoms. The van der Waals surface area contributed by atoms with Crippen LogP contribution in [0.15, 0.2) is 30.3 Å². The van der Waals surface area contributed by atoms with Gasteiger partial charge in [-0.15, -0.1) is 0 Å². The third-order valence-electron chi connectivity index (χ3n) is 5.79. The minimum absolute atomic E-state index is 0.0270. The normalized spacial score (nSPS) is 20.0.